The number of nitrogens with zero attached hydrogens (tertiary/aromatic N) is 1. The fourth-order valence-electron chi connectivity index (χ4n) is 4.95. The molecule has 0 aromatic heterocycles. The fraction of sp³-hybridized carbons (Fsp3) is 0.344. The minimum Gasteiger partial charge on any atom is -0.486 e. The van der Waals surface area contributed by atoms with Crippen LogP contribution in [0.4, 0.5) is 0 Å². The first-order valence-corrected chi connectivity index (χ1v) is 13.3. The number of carbonyl (C=O) groups is 1. The van der Waals surface area contributed by atoms with E-state index in [1.807, 2.05) is 30.3 Å². The standard InChI is InChI=1S/C30H34N2O4.C2H4/c1-21-4-8-23(9-5-21)24-10-6-22(7-11-24)18-29(33)31-26(20-32-14-2-3-15-32)30(34)25-12-13-27-28(19-25)36-17-16-35-27;1-2/h4-13,19,26,30,34H,2-3,14-18,20H2,1H3,(H,31,33);1-2H2. The highest BCUT2D eigenvalue weighted by Gasteiger charge is 2.28. The number of hydrogen-bond acceptors (Lipinski definition) is 5. The maximum absolute atomic E-state index is 13.1. The predicted molar refractivity (Wildman–Crippen MR) is 152 cm³/mol. The maximum atomic E-state index is 13.1. The minimum atomic E-state index is -0.853. The summed E-state index contributed by atoms with van der Waals surface area (Å²) < 4.78 is 11.3. The normalized spacial score (nSPS) is 16.2. The molecule has 6 heteroatoms. The molecule has 5 rings (SSSR count). The van der Waals surface area contributed by atoms with E-state index in [9.17, 15) is 9.90 Å². The van der Waals surface area contributed by atoms with E-state index < -0.39 is 12.1 Å². The number of aryl methyl sites for hydroxylation is 1. The van der Waals surface area contributed by atoms with E-state index in [4.69, 9.17) is 9.47 Å². The number of aliphatic hydroxyl groups is 1. The Hall–Kier alpha value is -3.61. The third-order valence-electron chi connectivity index (χ3n) is 6.99. The van der Waals surface area contributed by atoms with Crippen LogP contribution in [0.25, 0.3) is 11.1 Å². The highest BCUT2D eigenvalue weighted by atomic mass is 16.6. The Labute approximate surface area is 225 Å². The summed E-state index contributed by atoms with van der Waals surface area (Å²) in [4.78, 5) is 15.4. The molecular formula is C32H38N2O4. The molecule has 0 spiro atoms. The Morgan fingerprint density at radius 3 is 2.18 bits per heavy atom. The molecule has 0 radical (unpaired) electrons. The van der Waals surface area contributed by atoms with Crippen molar-refractivity contribution in [3.63, 3.8) is 0 Å². The lowest BCUT2D eigenvalue weighted by molar-refractivity contribution is -0.122. The monoisotopic (exact) mass is 514 g/mol. The van der Waals surface area contributed by atoms with Crippen molar-refractivity contribution in [3.05, 3.63) is 96.6 Å². The highest BCUT2D eigenvalue weighted by molar-refractivity contribution is 5.79. The quantitative estimate of drug-likeness (QED) is 0.410. The van der Waals surface area contributed by atoms with Gasteiger partial charge in [0.25, 0.3) is 0 Å². The van der Waals surface area contributed by atoms with Gasteiger partial charge in [-0.1, -0.05) is 60.2 Å². The van der Waals surface area contributed by atoms with Gasteiger partial charge in [-0.05, 0) is 67.2 Å². The molecule has 2 atom stereocenters. The molecule has 3 aromatic carbocycles. The van der Waals surface area contributed by atoms with Crippen molar-refractivity contribution >= 4 is 5.91 Å². The molecule has 2 N–H and O–H groups in total. The molecule has 0 bridgehead atoms. The van der Waals surface area contributed by atoms with E-state index in [0.717, 1.165) is 42.6 Å². The molecule has 38 heavy (non-hydrogen) atoms. The summed E-state index contributed by atoms with van der Waals surface area (Å²) in [6.07, 6.45) is 1.70. The van der Waals surface area contributed by atoms with E-state index in [2.05, 4.69) is 66.7 Å². The molecule has 2 aliphatic rings. The zero-order valence-corrected chi connectivity index (χ0v) is 22.2. The van der Waals surface area contributed by atoms with Crippen molar-refractivity contribution in [2.45, 2.75) is 38.3 Å². The van der Waals surface area contributed by atoms with Crippen molar-refractivity contribution in [1.82, 2.24) is 10.2 Å². The van der Waals surface area contributed by atoms with Crippen LogP contribution in [0.3, 0.4) is 0 Å². The van der Waals surface area contributed by atoms with Crippen LogP contribution in [-0.4, -0.2) is 54.8 Å². The number of hydrogen-bond donors (Lipinski definition) is 2. The molecule has 2 aliphatic heterocycles. The number of likely N-dealkylation sites (tertiary alicyclic amines) is 1. The van der Waals surface area contributed by atoms with E-state index in [1.165, 1.54) is 5.56 Å². The Kier molecular flexibility index (Phi) is 9.57. The van der Waals surface area contributed by atoms with E-state index in [-0.39, 0.29) is 12.3 Å². The molecule has 3 aromatic rings. The maximum Gasteiger partial charge on any atom is 0.224 e. The average Bonchev–Trinajstić information content (AvgIpc) is 3.47. The first-order chi connectivity index (χ1) is 18.5. The molecule has 1 amide bonds. The summed E-state index contributed by atoms with van der Waals surface area (Å²) >= 11 is 0. The molecule has 6 nitrogen and oxygen atoms in total. The summed E-state index contributed by atoms with van der Waals surface area (Å²) in [6, 6.07) is 21.6. The number of fused-ring (bicyclic) bond motifs is 1. The lowest BCUT2D eigenvalue weighted by Gasteiger charge is -2.29. The first kappa shape index (κ1) is 27.4. The van der Waals surface area contributed by atoms with Gasteiger partial charge >= 0.3 is 0 Å². The van der Waals surface area contributed by atoms with Gasteiger partial charge in [0.2, 0.25) is 5.91 Å². The summed E-state index contributed by atoms with van der Waals surface area (Å²) in [5, 5.41) is 14.4. The number of nitrogens with one attached hydrogen (secondary N) is 1. The van der Waals surface area contributed by atoms with Crippen molar-refractivity contribution < 1.29 is 19.4 Å². The largest absolute Gasteiger partial charge is 0.486 e. The van der Waals surface area contributed by atoms with Crippen molar-refractivity contribution in [3.8, 4) is 22.6 Å². The van der Waals surface area contributed by atoms with Gasteiger partial charge in [0.05, 0.1) is 12.5 Å². The summed E-state index contributed by atoms with van der Waals surface area (Å²) in [5.74, 6) is 1.23. The molecular weight excluding hydrogens is 476 g/mol. The minimum absolute atomic E-state index is 0.0983. The third-order valence-corrected chi connectivity index (χ3v) is 6.99. The van der Waals surface area contributed by atoms with Gasteiger partial charge in [-0.2, -0.15) is 0 Å². The first-order valence-electron chi connectivity index (χ1n) is 13.3. The van der Waals surface area contributed by atoms with Crippen molar-refractivity contribution in [2.24, 2.45) is 0 Å². The zero-order valence-electron chi connectivity index (χ0n) is 22.2. The van der Waals surface area contributed by atoms with Crippen molar-refractivity contribution in [2.75, 3.05) is 32.8 Å². The summed E-state index contributed by atoms with van der Waals surface area (Å²) in [7, 11) is 0. The van der Waals surface area contributed by atoms with Gasteiger partial charge in [-0.3, -0.25) is 4.79 Å². The van der Waals surface area contributed by atoms with Crippen LogP contribution < -0.4 is 14.8 Å². The third kappa shape index (κ3) is 7.03. The highest BCUT2D eigenvalue weighted by Crippen LogP contribution is 2.33. The SMILES string of the molecule is C=C.Cc1ccc(-c2ccc(CC(=O)NC(CN3CCCC3)C(O)c3ccc4c(c3)OCCO4)cc2)cc1. The number of benzene rings is 3. The Morgan fingerprint density at radius 2 is 1.53 bits per heavy atom. The smallest absolute Gasteiger partial charge is 0.224 e. The molecule has 2 heterocycles. The van der Waals surface area contributed by atoms with Crippen LogP contribution in [0.2, 0.25) is 0 Å². The molecule has 200 valence electrons. The predicted octanol–water partition coefficient (Wildman–Crippen LogP) is 5.09. The van der Waals surface area contributed by atoms with Gasteiger partial charge in [-0.15, -0.1) is 13.2 Å². The van der Waals surface area contributed by atoms with Gasteiger partial charge in [-0.25, -0.2) is 0 Å². The van der Waals surface area contributed by atoms with Gasteiger partial charge in [0.15, 0.2) is 11.5 Å². The van der Waals surface area contributed by atoms with Crippen LogP contribution >= 0.6 is 0 Å². The number of carbonyl (C=O) groups excluding carboxylic acids is 1. The van der Waals surface area contributed by atoms with E-state index >= 15 is 0 Å². The number of aliphatic hydroxyl groups excluding tert-OH is 1. The van der Waals surface area contributed by atoms with Crippen LogP contribution in [0, 0.1) is 6.92 Å². The zero-order chi connectivity index (χ0) is 26.9. The van der Waals surface area contributed by atoms with Crippen LogP contribution in [-0.2, 0) is 11.2 Å². The summed E-state index contributed by atoms with van der Waals surface area (Å²) in [5.41, 5.74) is 5.17. The van der Waals surface area contributed by atoms with Crippen molar-refractivity contribution in [1.29, 1.82) is 0 Å². The number of ether oxygens (including phenoxy) is 2. The number of amides is 1. The van der Waals surface area contributed by atoms with E-state index in [1.54, 1.807) is 0 Å². The molecule has 0 saturated carbocycles. The molecule has 0 aliphatic carbocycles. The van der Waals surface area contributed by atoms with E-state index in [0.29, 0.717) is 36.8 Å². The Morgan fingerprint density at radius 1 is 0.921 bits per heavy atom. The van der Waals surface area contributed by atoms with Gasteiger partial charge < -0.3 is 24.8 Å². The lowest BCUT2D eigenvalue weighted by atomic mass is 9.99. The van der Waals surface area contributed by atoms with Crippen LogP contribution in [0.15, 0.2) is 79.9 Å². The molecule has 2 unspecified atom stereocenters. The number of rotatable bonds is 8. The molecule has 1 fully saturated rings. The Balaban J connectivity index is 0.00000164. The summed E-state index contributed by atoms with van der Waals surface area (Å²) in [6.45, 7) is 11.7. The topological polar surface area (TPSA) is 71.0 Å². The second-order valence-electron chi connectivity index (χ2n) is 9.77. The molecule has 1 saturated heterocycles. The average molecular weight is 515 g/mol. The lowest BCUT2D eigenvalue weighted by Crippen LogP contribution is -2.47. The fourth-order valence-corrected chi connectivity index (χ4v) is 4.95. The van der Waals surface area contributed by atoms with Crippen LogP contribution in [0.5, 0.6) is 11.5 Å². The van der Waals surface area contributed by atoms with Gasteiger partial charge in [0, 0.05) is 6.54 Å². The second kappa shape index (κ2) is 13.3. The van der Waals surface area contributed by atoms with Gasteiger partial charge in [0.1, 0.15) is 19.3 Å². The van der Waals surface area contributed by atoms with Crippen LogP contribution in [0.1, 0.15) is 35.6 Å². The second-order valence-corrected chi connectivity index (χ2v) is 9.77. The Bertz CT molecular complexity index is 1190.